The summed E-state index contributed by atoms with van der Waals surface area (Å²) in [5.41, 5.74) is 3.30. The van der Waals surface area contributed by atoms with E-state index in [1.54, 1.807) is 6.08 Å². The van der Waals surface area contributed by atoms with Crippen molar-refractivity contribution in [3.05, 3.63) is 30.1 Å². The Bertz CT molecular complexity index is 335. The van der Waals surface area contributed by atoms with E-state index in [9.17, 15) is 0 Å². The molecule has 0 aliphatic heterocycles. The van der Waals surface area contributed by atoms with Gasteiger partial charge in [0.05, 0.1) is 11.4 Å². The van der Waals surface area contributed by atoms with Gasteiger partial charge in [0.15, 0.2) is 0 Å². The van der Waals surface area contributed by atoms with Crippen LogP contribution in [0.1, 0.15) is 32.0 Å². The van der Waals surface area contributed by atoms with Crippen LogP contribution in [0.4, 0.5) is 5.69 Å². The Morgan fingerprint density at radius 1 is 1.43 bits per heavy atom. The summed E-state index contributed by atoms with van der Waals surface area (Å²) in [6.45, 7) is 10.3. The van der Waals surface area contributed by atoms with Gasteiger partial charge in [-0.2, -0.15) is 0 Å². The summed E-state index contributed by atoms with van der Waals surface area (Å²) in [6, 6.07) is 2.13. The van der Waals surface area contributed by atoms with Crippen molar-refractivity contribution >= 4 is 11.8 Å². The van der Waals surface area contributed by atoms with Gasteiger partial charge in [-0.15, -0.1) is 0 Å². The van der Waals surface area contributed by atoms with E-state index in [-0.39, 0.29) is 5.41 Å². The van der Waals surface area contributed by atoms with Gasteiger partial charge in [0.2, 0.25) is 0 Å². The molecule has 0 aliphatic rings. The highest BCUT2D eigenvalue weighted by atomic mass is 14.9. The third-order valence-corrected chi connectivity index (χ3v) is 2.25. The van der Waals surface area contributed by atoms with E-state index in [2.05, 4.69) is 43.7 Å². The summed E-state index contributed by atoms with van der Waals surface area (Å²) in [5, 5.41) is 3.13. The minimum absolute atomic E-state index is 0.137. The standard InChI is InChI=1S/C12H18N2/c1-6-10-11(13-5)7-9(8-14-10)12(2,3)4/h6-8,13H,1H2,2-5H3. The molecule has 1 aromatic heterocycles. The Morgan fingerprint density at radius 2 is 2.07 bits per heavy atom. The van der Waals surface area contributed by atoms with E-state index >= 15 is 0 Å². The van der Waals surface area contributed by atoms with Gasteiger partial charge in [-0.05, 0) is 23.1 Å². The fourth-order valence-electron chi connectivity index (χ4n) is 1.25. The SMILES string of the molecule is C=Cc1ncc(C(C)(C)C)cc1NC. The topological polar surface area (TPSA) is 24.9 Å². The van der Waals surface area contributed by atoms with Crippen LogP contribution in [0, 0.1) is 0 Å². The molecule has 0 aliphatic carbocycles. The first-order valence-electron chi connectivity index (χ1n) is 4.79. The summed E-state index contributed by atoms with van der Waals surface area (Å²) in [5.74, 6) is 0. The number of rotatable bonds is 2. The summed E-state index contributed by atoms with van der Waals surface area (Å²) in [6.07, 6.45) is 3.68. The molecule has 76 valence electrons. The molecule has 1 aromatic rings. The number of aromatic nitrogens is 1. The molecular weight excluding hydrogens is 172 g/mol. The first kappa shape index (κ1) is 10.8. The minimum Gasteiger partial charge on any atom is -0.386 e. The molecule has 0 unspecified atom stereocenters. The second-order valence-electron chi connectivity index (χ2n) is 4.36. The van der Waals surface area contributed by atoms with Crippen LogP contribution in [0.25, 0.3) is 6.08 Å². The number of hydrogen-bond acceptors (Lipinski definition) is 2. The zero-order valence-electron chi connectivity index (χ0n) is 9.39. The minimum atomic E-state index is 0.137. The van der Waals surface area contributed by atoms with Crippen LogP contribution in [-0.2, 0) is 5.41 Å². The van der Waals surface area contributed by atoms with Gasteiger partial charge >= 0.3 is 0 Å². The highest BCUT2D eigenvalue weighted by molar-refractivity contribution is 5.62. The van der Waals surface area contributed by atoms with Gasteiger partial charge in [0, 0.05) is 13.2 Å². The van der Waals surface area contributed by atoms with Crippen molar-refractivity contribution in [2.45, 2.75) is 26.2 Å². The molecule has 0 saturated heterocycles. The average Bonchev–Trinajstić information content (AvgIpc) is 2.15. The number of nitrogens with one attached hydrogen (secondary N) is 1. The van der Waals surface area contributed by atoms with Crippen LogP contribution >= 0.6 is 0 Å². The lowest BCUT2D eigenvalue weighted by Gasteiger charge is -2.20. The lowest BCUT2D eigenvalue weighted by atomic mass is 9.88. The zero-order valence-corrected chi connectivity index (χ0v) is 9.39. The number of pyridine rings is 1. The fraction of sp³-hybridized carbons (Fsp3) is 0.417. The van der Waals surface area contributed by atoms with Gasteiger partial charge < -0.3 is 5.32 Å². The maximum absolute atomic E-state index is 4.35. The largest absolute Gasteiger partial charge is 0.386 e. The molecule has 2 heteroatoms. The Labute approximate surface area is 86.1 Å². The van der Waals surface area contributed by atoms with Crippen LogP contribution in [0.15, 0.2) is 18.8 Å². The Morgan fingerprint density at radius 3 is 2.50 bits per heavy atom. The zero-order chi connectivity index (χ0) is 10.8. The molecule has 0 saturated carbocycles. The number of anilines is 1. The Balaban J connectivity index is 3.21. The molecule has 0 atom stereocenters. The van der Waals surface area contributed by atoms with E-state index in [1.165, 1.54) is 5.56 Å². The van der Waals surface area contributed by atoms with E-state index < -0.39 is 0 Å². The molecular formula is C12H18N2. The molecule has 14 heavy (non-hydrogen) atoms. The van der Waals surface area contributed by atoms with Crippen molar-refractivity contribution in [3.63, 3.8) is 0 Å². The Hall–Kier alpha value is -1.31. The number of hydrogen-bond donors (Lipinski definition) is 1. The highest BCUT2D eigenvalue weighted by Gasteiger charge is 2.15. The second kappa shape index (κ2) is 3.82. The van der Waals surface area contributed by atoms with Crippen LogP contribution in [0.5, 0.6) is 0 Å². The predicted octanol–water partition coefficient (Wildman–Crippen LogP) is 3.06. The summed E-state index contributed by atoms with van der Waals surface area (Å²) in [7, 11) is 1.90. The van der Waals surface area contributed by atoms with Crippen molar-refractivity contribution in [1.29, 1.82) is 0 Å². The number of nitrogens with zero attached hydrogens (tertiary/aromatic N) is 1. The average molecular weight is 190 g/mol. The normalized spacial score (nSPS) is 11.1. The van der Waals surface area contributed by atoms with Gasteiger partial charge in [-0.3, -0.25) is 4.98 Å². The maximum atomic E-state index is 4.35. The molecule has 0 spiro atoms. The van der Waals surface area contributed by atoms with Crippen LogP contribution in [-0.4, -0.2) is 12.0 Å². The van der Waals surface area contributed by atoms with Gasteiger partial charge in [-0.25, -0.2) is 0 Å². The van der Waals surface area contributed by atoms with Crippen molar-refractivity contribution < 1.29 is 0 Å². The predicted molar refractivity (Wildman–Crippen MR) is 62.6 cm³/mol. The van der Waals surface area contributed by atoms with Crippen molar-refractivity contribution in [2.75, 3.05) is 12.4 Å². The van der Waals surface area contributed by atoms with E-state index in [0.717, 1.165) is 11.4 Å². The lowest BCUT2D eigenvalue weighted by molar-refractivity contribution is 0.587. The van der Waals surface area contributed by atoms with E-state index in [0.29, 0.717) is 0 Å². The second-order valence-corrected chi connectivity index (χ2v) is 4.36. The van der Waals surface area contributed by atoms with Crippen molar-refractivity contribution in [2.24, 2.45) is 0 Å². The molecule has 0 fully saturated rings. The van der Waals surface area contributed by atoms with Gasteiger partial charge in [0.1, 0.15) is 0 Å². The van der Waals surface area contributed by atoms with Gasteiger partial charge in [-0.1, -0.05) is 27.4 Å². The molecule has 0 radical (unpaired) electrons. The molecule has 0 amide bonds. The van der Waals surface area contributed by atoms with Crippen molar-refractivity contribution in [3.8, 4) is 0 Å². The lowest BCUT2D eigenvalue weighted by Crippen LogP contribution is -2.12. The van der Waals surface area contributed by atoms with Gasteiger partial charge in [0.25, 0.3) is 0 Å². The van der Waals surface area contributed by atoms with E-state index in [1.807, 2.05) is 13.2 Å². The molecule has 2 nitrogen and oxygen atoms in total. The van der Waals surface area contributed by atoms with Crippen LogP contribution < -0.4 is 5.32 Å². The third kappa shape index (κ3) is 2.13. The molecule has 1 N–H and O–H groups in total. The molecule has 1 rings (SSSR count). The first-order valence-corrected chi connectivity index (χ1v) is 4.79. The monoisotopic (exact) mass is 190 g/mol. The highest BCUT2D eigenvalue weighted by Crippen LogP contribution is 2.25. The third-order valence-electron chi connectivity index (χ3n) is 2.25. The van der Waals surface area contributed by atoms with Crippen LogP contribution in [0.3, 0.4) is 0 Å². The molecule has 0 bridgehead atoms. The van der Waals surface area contributed by atoms with Crippen molar-refractivity contribution in [1.82, 2.24) is 4.98 Å². The smallest absolute Gasteiger partial charge is 0.0855 e. The quantitative estimate of drug-likeness (QED) is 0.775. The molecule has 0 aromatic carbocycles. The van der Waals surface area contributed by atoms with Crippen LogP contribution in [0.2, 0.25) is 0 Å². The fourth-order valence-corrected chi connectivity index (χ4v) is 1.25. The summed E-state index contributed by atoms with van der Waals surface area (Å²) in [4.78, 5) is 4.35. The molecule has 1 heterocycles. The maximum Gasteiger partial charge on any atom is 0.0855 e. The van der Waals surface area contributed by atoms with E-state index in [4.69, 9.17) is 0 Å². The first-order chi connectivity index (χ1) is 6.49. The summed E-state index contributed by atoms with van der Waals surface area (Å²) < 4.78 is 0. The Kier molecular flexibility index (Phi) is 2.94. The summed E-state index contributed by atoms with van der Waals surface area (Å²) >= 11 is 0.